The second-order valence-electron chi connectivity index (χ2n) is 4.26. The number of anilines is 1. The average Bonchev–Trinajstić information content (AvgIpc) is 2.99. The molecule has 2 rings (SSSR count). The number of hydrogen-bond donors (Lipinski definition) is 3. The van der Waals surface area contributed by atoms with Crippen molar-refractivity contribution in [2.45, 2.75) is 0 Å². The van der Waals surface area contributed by atoms with E-state index < -0.39 is 0 Å². The predicted octanol–water partition coefficient (Wildman–Crippen LogP) is 1.25. The Morgan fingerprint density at radius 3 is 2.80 bits per heavy atom. The van der Waals surface area contributed by atoms with E-state index in [0.29, 0.717) is 13.2 Å². The highest BCUT2D eigenvalue weighted by Gasteiger charge is 2.03. The molecule has 0 saturated heterocycles. The van der Waals surface area contributed by atoms with Crippen LogP contribution in [0.5, 0.6) is 0 Å². The molecule has 6 heteroatoms. The highest BCUT2D eigenvalue weighted by Crippen LogP contribution is 2.18. The fourth-order valence-corrected chi connectivity index (χ4v) is 1.73. The van der Waals surface area contributed by atoms with Crippen molar-refractivity contribution in [1.29, 1.82) is 0 Å². The number of ether oxygens (including phenoxy) is 1. The van der Waals surface area contributed by atoms with Gasteiger partial charge in [-0.2, -0.15) is 0 Å². The molecule has 0 aliphatic carbocycles. The van der Waals surface area contributed by atoms with E-state index in [0.717, 1.165) is 16.9 Å². The van der Waals surface area contributed by atoms with Gasteiger partial charge in [0.05, 0.1) is 31.4 Å². The summed E-state index contributed by atoms with van der Waals surface area (Å²) >= 11 is 0. The van der Waals surface area contributed by atoms with Crippen LogP contribution in [0.2, 0.25) is 0 Å². The van der Waals surface area contributed by atoms with Gasteiger partial charge in [0.2, 0.25) is 5.91 Å². The molecule has 1 aromatic heterocycles. The summed E-state index contributed by atoms with van der Waals surface area (Å²) in [5.74, 6) is -0.0737. The normalized spacial score (nSPS) is 10.4. The lowest BCUT2D eigenvalue weighted by molar-refractivity contribution is -0.115. The van der Waals surface area contributed by atoms with Gasteiger partial charge in [0.25, 0.3) is 0 Å². The van der Waals surface area contributed by atoms with Crippen LogP contribution in [-0.2, 0) is 9.53 Å². The number of amides is 1. The zero-order chi connectivity index (χ0) is 14.2. The number of imidazole rings is 1. The lowest BCUT2D eigenvalue weighted by atomic mass is 10.1. The van der Waals surface area contributed by atoms with Crippen molar-refractivity contribution in [3.8, 4) is 11.3 Å². The molecule has 0 unspecified atom stereocenters. The Kier molecular flexibility index (Phi) is 5.28. The maximum absolute atomic E-state index is 11.7. The molecule has 106 valence electrons. The van der Waals surface area contributed by atoms with Crippen LogP contribution in [-0.4, -0.2) is 42.7 Å². The molecule has 6 nitrogen and oxygen atoms in total. The molecule has 0 aliphatic rings. The van der Waals surface area contributed by atoms with E-state index in [2.05, 4.69) is 20.6 Å². The molecular weight excluding hydrogens is 256 g/mol. The molecule has 0 radical (unpaired) electrons. The molecule has 1 amide bonds. The minimum absolute atomic E-state index is 0.0737. The van der Waals surface area contributed by atoms with Crippen molar-refractivity contribution in [3.05, 3.63) is 36.8 Å². The molecular formula is C14H18N4O2. The van der Waals surface area contributed by atoms with E-state index in [-0.39, 0.29) is 12.5 Å². The maximum Gasteiger partial charge on any atom is 0.238 e. The lowest BCUT2D eigenvalue weighted by Crippen LogP contribution is -2.30. The first-order chi connectivity index (χ1) is 9.79. The number of carbonyl (C=O) groups excluding carboxylic acids is 1. The number of methoxy groups -OCH3 is 1. The van der Waals surface area contributed by atoms with Crippen molar-refractivity contribution in [3.63, 3.8) is 0 Å². The summed E-state index contributed by atoms with van der Waals surface area (Å²) in [5, 5.41) is 5.81. The molecule has 0 spiro atoms. The lowest BCUT2D eigenvalue weighted by Gasteiger charge is -2.07. The Morgan fingerprint density at radius 2 is 2.15 bits per heavy atom. The highest BCUT2D eigenvalue weighted by molar-refractivity contribution is 5.92. The number of nitrogens with one attached hydrogen (secondary N) is 3. The Hall–Kier alpha value is -2.18. The van der Waals surface area contributed by atoms with Gasteiger partial charge in [-0.15, -0.1) is 0 Å². The van der Waals surface area contributed by atoms with Crippen LogP contribution in [0.3, 0.4) is 0 Å². The van der Waals surface area contributed by atoms with E-state index >= 15 is 0 Å². The van der Waals surface area contributed by atoms with Gasteiger partial charge >= 0.3 is 0 Å². The van der Waals surface area contributed by atoms with Gasteiger partial charge in [0.15, 0.2) is 0 Å². The van der Waals surface area contributed by atoms with Crippen LogP contribution < -0.4 is 10.6 Å². The monoisotopic (exact) mass is 274 g/mol. The van der Waals surface area contributed by atoms with E-state index in [1.807, 2.05) is 24.3 Å². The number of hydrogen-bond acceptors (Lipinski definition) is 4. The van der Waals surface area contributed by atoms with Crippen LogP contribution in [0.4, 0.5) is 5.69 Å². The quantitative estimate of drug-likeness (QED) is 0.664. The van der Waals surface area contributed by atoms with E-state index in [1.54, 1.807) is 19.6 Å². The second-order valence-corrected chi connectivity index (χ2v) is 4.26. The molecule has 20 heavy (non-hydrogen) atoms. The topological polar surface area (TPSA) is 79.0 Å². The summed E-state index contributed by atoms with van der Waals surface area (Å²) in [6.45, 7) is 1.51. The van der Waals surface area contributed by atoms with Crippen molar-refractivity contribution in [2.75, 3.05) is 32.1 Å². The summed E-state index contributed by atoms with van der Waals surface area (Å²) in [4.78, 5) is 18.7. The first-order valence-corrected chi connectivity index (χ1v) is 6.38. The predicted molar refractivity (Wildman–Crippen MR) is 77.4 cm³/mol. The molecule has 3 N–H and O–H groups in total. The SMILES string of the molecule is COCCNCC(=O)Nc1ccc(-c2cnc[nH]2)cc1. The summed E-state index contributed by atoms with van der Waals surface area (Å²) in [6.07, 6.45) is 3.39. The zero-order valence-electron chi connectivity index (χ0n) is 11.3. The van der Waals surface area contributed by atoms with Crippen LogP contribution in [0.1, 0.15) is 0 Å². The first kappa shape index (κ1) is 14.2. The molecule has 0 atom stereocenters. The van der Waals surface area contributed by atoms with Gasteiger partial charge < -0.3 is 20.4 Å². The summed E-state index contributed by atoms with van der Waals surface area (Å²) in [5.41, 5.74) is 2.75. The van der Waals surface area contributed by atoms with Gasteiger partial charge in [-0.3, -0.25) is 4.79 Å². The molecule has 0 saturated carbocycles. The molecule has 0 bridgehead atoms. The Labute approximate surface area is 117 Å². The number of aromatic nitrogens is 2. The molecule has 2 aromatic rings. The van der Waals surface area contributed by atoms with Crippen molar-refractivity contribution < 1.29 is 9.53 Å². The van der Waals surface area contributed by atoms with Crippen molar-refractivity contribution in [2.24, 2.45) is 0 Å². The summed E-state index contributed by atoms with van der Waals surface area (Å²) in [7, 11) is 1.63. The van der Waals surface area contributed by atoms with Gasteiger partial charge in [-0.1, -0.05) is 12.1 Å². The molecule has 0 fully saturated rings. The largest absolute Gasteiger partial charge is 0.383 e. The number of nitrogens with zero attached hydrogens (tertiary/aromatic N) is 1. The molecule has 0 aliphatic heterocycles. The fraction of sp³-hybridized carbons (Fsp3) is 0.286. The minimum Gasteiger partial charge on any atom is -0.383 e. The van der Waals surface area contributed by atoms with Crippen molar-refractivity contribution in [1.82, 2.24) is 15.3 Å². The standard InChI is InChI=1S/C14H18N4O2/c1-20-7-6-15-9-14(19)18-12-4-2-11(3-5-12)13-8-16-10-17-13/h2-5,8,10,15H,6-7,9H2,1H3,(H,16,17)(H,18,19). The third-order valence-corrected chi connectivity index (χ3v) is 2.75. The van der Waals surface area contributed by atoms with Gasteiger partial charge in [-0.25, -0.2) is 4.98 Å². The summed E-state index contributed by atoms with van der Waals surface area (Å²) < 4.78 is 4.89. The smallest absolute Gasteiger partial charge is 0.238 e. The van der Waals surface area contributed by atoms with Crippen LogP contribution in [0, 0.1) is 0 Å². The third kappa shape index (κ3) is 4.18. The van der Waals surface area contributed by atoms with Gasteiger partial charge in [0.1, 0.15) is 0 Å². The Bertz CT molecular complexity index is 523. The maximum atomic E-state index is 11.7. The highest BCUT2D eigenvalue weighted by atomic mass is 16.5. The van der Waals surface area contributed by atoms with E-state index in [1.165, 1.54) is 0 Å². The number of benzene rings is 1. The number of carbonyl (C=O) groups is 1. The zero-order valence-corrected chi connectivity index (χ0v) is 11.3. The van der Waals surface area contributed by atoms with Gasteiger partial charge in [-0.05, 0) is 17.7 Å². The van der Waals surface area contributed by atoms with Gasteiger partial charge in [0, 0.05) is 19.3 Å². The van der Waals surface area contributed by atoms with Crippen LogP contribution >= 0.6 is 0 Å². The van der Waals surface area contributed by atoms with Crippen LogP contribution in [0.15, 0.2) is 36.8 Å². The first-order valence-electron chi connectivity index (χ1n) is 6.38. The van der Waals surface area contributed by atoms with Crippen molar-refractivity contribution >= 4 is 11.6 Å². The Balaban J connectivity index is 1.83. The Morgan fingerprint density at radius 1 is 1.35 bits per heavy atom. The number of rotatable bonds is 7. The molecule has 1 heterocycles. The van der Waals surface area contributed by atoms with E-state index in [4.69, 9.17) is 4.74 Å². The second kappa shape index (κ2) is 7.42. The fourth-order valence-electron chi connectivity index (χ4n) is 1.73. The number of H-pyrrole nitrogens is 1. The third-order valence-electron chi connectivity index (χ3n) is 2.75. The van der Waals surface area contributed by atoms with E-state index in [9.17, 15) is 4.79 Å². The minimum atomic E-state index is -0.0737. The number of aromatic amines is 1. The average molecular weight is 274 g/mol. The molecule has 1 aromatic carbocycles. The summed E-state index contributed by atoms with van der Waals surface area (Å²) in [6, 6.07) is 7.59. The van der Waals surface area contributed by atoms with Crippen LogP contribution in [0.25, 0.3) is 11.3 Å².